The Morgan fingerprint density at radius 3 is 1.09 bits per heavy atom. The van der Waals surface area contributed by atoms with Gasteiger partial charge in [0.2, 0.25) is 5.91 Å². The van der Waals surface area contributed by atoms with Gasteiger partial charge in [0, 0.05) is 6.42 Å². The zero-order chi connectivity index (χ0) is 48.8. The molecular formula is C61H119NO5. The number of aliphatic hydroxyl groups is 2. The van der Waals surface area contributed by atoms with Crippen LogP contribution in [0.5, 0.6) is 0 Å². The lowest BCUT2D eigenvalue weighted by Gasteiger charge is -2.24. The van der Waals surface area contributed by atoms with Gasteiger partial charge in [0.05, 0.1) is 25.2 Å². The Bertz CT molecular complexity index is 1020. The molecule has 3 unspecified atom stereocenters. The second-order valence-corrected chi connectivity index (χ2v) is 21.1. The first kappa shape index (κ1) is 65.6. The van der Waals surface area contributed by atoms with Crippen molar-refractivity contribution in [2.45, 2.75) is 360 Å². The molecule has 3 N–H and O–H groups in total. The van der Waals surface area contributed by atoms with Gasteiger partial charge >= 0.3 is 5.97 Å². The van der Waals surface area contributed by atoms with Gasteiger partial charge in [0.1, 0.15) is 6.10 Å². The van der Waals surface area contributed by atoms with E-state index in [4.69, 9.17) is 4.74 Å². The van der Waals surface area contributed by atoms with Crippen LogP contribution in [0.15, 0.2) is 12.2 Å². The Morgan fingerprint density at radius 2 is 0.731 bits per heavy atom. The number of rotatable bonds is 56. The minimum absolute atomic E-state index is 0.0645. The van der Waals surface area contributed by atoms with Gasteiger partial charge in [-0.05, 0) is 44.9 Å². The highest BCUT2D eigenvalue weighted by Crippen LogP contribution is 2.19. The van der Waals surface area contributed by atoms with E-state index in [0.717, 1.165) is 51.4 Å². The Morgan fingerprint density at radius 1 is 0.418 bits per heavy atom. The minimum atomic E-state index is -0.790. The summed E-state index contributed by atoms with van der Waals surface area (Å²) in [6, 6.07) is -0.705. The summed E-state index contributed by atoms with van der Waals surface area (Å²) in [4.78, 5) is 26.3. The predicted octanol–water partition coefficient (Wildman–Crippen LogP) is 18.9. The van der Waals surface area contributed by atoms with Crippen LogP contribution in [-0.4, -0.2) is 46.9 Å². The molecule has 0 saturated heterocycles. The number of carbonyl (C=O) groups is 2. The van der Waals surface area contributed by atoms with Crippen LogP contribution in [-0.2, 0) is 14.3 Å². The first-order valence-corrected chi connectivity index (χ1v) is 30.4. The lowest BCUT2D eigenvalue weighted by molar-refractivity contribution is -0.151. The molecule has 0 fully saturated rings. The van der Waals surface area contributed by atoms with E-state index in [1.807, 2.05) is 0 Å². The summed E-state index contributed by atoms with van der Waals surface area (Å²) in [5.41, 5.74) is 0. The third kappa shape index (κ3) is 50.8. The highest BCUT2D eigenvalue weighted by Gasteiger charge is 2.24. The van der Waals surface area contributed by atoms with Crippen LogP contribution >= 0.6 is 0 Å². The molecule has 0 aromatic heterocycles. The standard InChI is InChI=1S/C61H119NO5/c1-4-7-10-13-16-19-22-25-27-29-30-32-34-36-39-42-45-48-51-54-61(66)67-57(52-49-46-43-40-37-24-21-18-15-12-9-6-3)55-60(65)62-58(56-63)59(64)53-50-47-44-41-38-35-33-31-28-26-23-20-17-14-11-8-5-2/h40,43,57-59,63-64H,4-39,41-42,44-56H2,1-3H3,(H,62,65)/b43-40-. The number of esters is 1. The van der Waals surface area contributed by atoms with Crippen molar-refractivity contribution in [1.29, 1.82) is 0 Å². The number of allylic oxidation sites excluding steroid dienone is 2. The zero-order valence-corrected chi connectivity index (χ0v) is 45.6. The van der Waals surface area contributed by atoms with Gasteiger partial charge in [-0.25, -0.2) is 0 Å². The van der Waals surface area contributed by atoms with Crippen molar-refractivity contribution in [2.24, 2.45) is 0 Å². The molecule has 0 aliphatic rings. The predicted molar refractivity (Wildman–Crippen MR) is 292 cm³/mol. The largest absolute Gasteiger partial charge is 0.462 e. The number of ether oxygens (including phenoxy) is 1. The maximum absolute atomic E-state index is 13.3. The van der Waals surface area contributed by atoms with Crippen LogP contribution in [0.2, 0.25) is 0 Å². The Labute approximate surface area is 419 Å². The molecule has 0 aliphatic heterocycles. The molecule has 0 radical (unpaired) electrons. The van der Waals surface area contributed by atoms with Crippen molar-refractivity contribution < 1.29 is 24.5 Å². The van der Waals surface area contributed by atoms with Crippen LogP contribution in [0.4, 0.5) is 0 Å². The van der Waals surface area contributed by atoms with E-state index in [1.54, 1.807) is 0 Å². The molecule has 0 bridgehead atoms. The Hall–Kier alpha value is -1.40. The van der Waals surface area contributed by atoms with Crippen LogP contribution < -0.4 is 5.32 Å². The molecular weight excluding hydrogens is 827 g/mol. The van der Waals surface area contributed by atoms with E-state index in [2.05, 4.69) is 38.2 Å². The summed E-state index contributed by atoms with van der Waals surface area (Å²) in [6.07, 6.45) is 64.4. The van der Waals surface area contributed by atoms with Crippen LogP contribution in [0.1, 0.15) is 342 Å². The average Bonchev–Trinajstić information content (AvgIpc) is 3.32. The number of hydrogen-bond donors (Lipinski definition) is 3. The average molecular weight is 947 g/mol. The fourth-order valence-corrected chi connectivity index (χ4v) is 9.73. The fraction of sp³-hybridized carbons (Fsp3) is 0.934. The van der Waals surface area contributed by atoms with Crippen molar-refractivity contribution in [3.63, 3.8) is 0 Å². The van der Waals surface area contributed by atoms with E-state index in [1.165, 1.54) is 244 Å². The van der Waals surface area contributed by atoms with Gasteiger partial charge in [-0.2, -0.15) is 0 Å². The molecule has 0 aliphatic carbocycles. The SMILES string of the molecule is CCCCCCCCC/C=C\CCCC(CC(=O)NC(CO)C(O)CCCCCCCCCCCCCCCCCCC)OC(=O)CCCCCCCCCCCCCCCCCCCCC. The Balaban J connectivity index is 4.42. The van der Waals surface area contributed by atoms with Crippen LogP contribution in [0.3, 0.4) is 0 Å². The molecule has 0 rings (SSSR count). The minimum Gasteiger partial charge on any atom is -0.462 e. The lowest BCUT2D eigenvalue weighted by atomic mass is 10.0. The molecule has 0 aromatic rings. The highest BCUT2D eigenvalue weighted by molar-refractivity contribution is 5.77. The van der Waals surface area contributed by atoms with Crippen molar-refractivity contribution >= 4 is 11.9 Å². The first-order valence-electron chi connectivity index (χ1n) is 30.4. The maximum Gasteiger partial charge on any atom is 0.306 e. The van der Waals surface area contributed by atoms with E-state index in [0.29, 0.717) is 19.3 Å². The molecule has 0 spiro atoms. The molecule has 6 nitrogen and oxygen atoms in total. The lowest BCUT2D eigenvalue weighted by Crippen LogP contribution is -2.46. The molecule has 0 heterocycles. The summed E-state index contributed by atoms with van der Waals surface area (Å²) < 4.78 is 5.95. The van der Waals surface area contributed by atoms with Gasteiger partial charge in [0.15, 0.2) is 0 Å². The molecule has 3 atom stereocenters. The summed E-state index contributed by atoms with van der Waals surface area (Å²) in [6.45, 7) is 6.53. The maximum atomic E-state index is 13.3. The summed E-state index contributed by atoms with van der Waals surface area (Å²) in [7, 11) is 0. The van der Waals surface area contributed by atoms with E-state index >= 15 is 0 Å². The topological polar surface area (TPSA) is 95.9 Å². The normalized spacial score (nSPS) is 13.1. The number of unbranched alkanes of at least 4 members (excludes halogenated alkanes) is 42. The third-order valence-corrected chi connectivity index (χ3v) is 14.3. The molecule has 6 heteroatoms. The van der Waals surface area contributed by atoms with E-state index in [9.17, 15) is 19.8 Å². The third-order valence-electron chi connectivity index (χ3n) is 14.3. The Kier molecular flexibility index (Phi) is 54.4. The van der Waals surface area contributed by atoms with Gasteiger partial charge in [-0.3, -0.25) is 9.59 Å². The van der Waals surface area contributed by atoms with Crippen molar-refractivity contribution in [3.05, 3.63) is 12.2 Å². The fourth-order valence-electron chi connectivity index (χ4n) is 9.73. The molecule has 0 saturated carbocycles. The monoisotopic (exact) mass is 946 g/mol. The second-order valence-electron chi connectivity index (χ2n) is 21.1. The molecule has 67 heavy (non-hydrogen) atoms. The number of amides is 1. The zero-order valence-electron chi connectivity index (χ0n) is 45.6. The van der Waals surface area contributed by atoms with Crippen LogP contribution in [0.25, 0.3) is 0 Å². The number of nitrogens with one attached hydrogen (secondary N) is 1. The van der Waals surface area contributed by atoms with Crippen molar-refractivity contribution in [3.8, 4) is 0 Å². The number of aliphatic hydroxyl groups excluding tert-OH is 2. The summed E-state index contributed by atoms with van der Waals surface area (Å²) in [5.74, 6) is -0.479. The number of hydrogen-bond acceptors (Lipinski definition) is 5. The highest BCUT2D eigenvalue weighted by atomic mass is 16.5. The smallest absolute Gasteiger partial charge is 0.306 e. The van der Waals surface area contributed by atoms with Gasteiger partial charge in [-0.15, -0.1) is 0 Å². The molecule has 398 valence electrons. The molecule has 1 amide bonds. The van der Waals surface area contributed by atoms with Crippen molar-refractivity contribution in [1.82, 2.24) is 5.32 Å². The van der Waals surface area contributed by atoms with Crippen LogP contribution in [0, 0.1) is 0 Å². The summed E-state index contributed by atoms with van der Waals surface area (Å²) >= 11 is 0. The summed E-state index contributed by atoms with van der Waals surface area (Å²) in [5, 5.41) is 23.9. The van der Waals surface area contributed by atoms with Gasteiger partial charge in [0.25, 0.3) is 0 Å². The van der Waals surface area contributed by atoms with Gasteiger partial charge in [-0.1, -0.05) is 296 Å². The van der Waals surface area contributed by atoms with Gasteiger partial charge < -0.3 is 20.3 Å². The number of carbonyl (C=O) groups excluding carboxylic acids is 2. The second kappa shape index (κ2) is 55.5. The first-order chi connectivity index (χ1) is 33.0. The van der Waals surface area contributed by atoms with E-state index in [-0.39, 0.29) is 24.9 Å². The quantitative estimate of drug-likeness (QED) is 0.0321. The van der Waals surface area contributed by atoms with Crippen molar-refractivity contribution in [2.75, 3.05) is 6.61 Å². The van der Waals surface area contributed by atoms with E-state index < -0.39 is 18.2 Å². The molecule has 0 aromatic carbocycles.